The van der Waals surface area contributed by atoms with Crippen molar-refractivity contribution in [3.8, 4) is 0 Å². The number of aliphatic hydroxyl groups excluding tert-OH is 1. The van der Waals surface area contributed by atoms with E-state index < -0.39 is 0 Å². The van der Waals surface area contributed by atoms with E-state index in [1.807, 2.05) is 0 Å². The van der Waals surface area contributed by atoms with Gasteiger partial charge < -0.3 is 19.6 Å². The number of nitrogens with zero attached hydrogens (tertiary/aromatic N) is 2. The van der Waals surface area contributed by atoms with Gasteiger partial charge in [0, 0.05) is 38.2 Å². The van der Waals surface area contributed by atoms with Crippen molar-refractivity contribution >= 4 is 0 Å². The molecule has 0 saturated carbocycles. The van der Waals surface area contributed by atoms with E-state index in [2.05, 4.69) is 23.9 Å². The van der Waals surface area contributed by atoms with Crippen LogP contribution in [0.3, 0.4) is 0 Å². The fraction of sp³-hybridized carbons (Fsp3) is 1.00. The van der Waals surface area contributed by atoms with Crippen molar-refractivity contribution in [2.45, 2.75) is 25.0 Å². The Morgan fingerprint density at radius 3 is 2.88 bits per heavy atom. The summed E-state index contributed by atoms with van der Waals surface area (Å²) in [5, 5.41) is 10.2. The lowest BCUT2D eigenvalue weighted by Crippen LogP contribution is -2.51. The molecular weight excluding hydrogens is 204 g/mol. The molecule has 0 aromatic carbocycles. The van der Waals surface area contributed by atoms with Gasteiger partial charge in [0.05, 0.1) is 12.7 Å². The second-order valence-electron chi connectivity index (χ2n) is 5.32. The molecule has 0 aromatic heterocycles. The Morgan fingerprint density at radius 1 is 1.38 bits per heavy atom. The second-order valence-corrected chi connectivity index (χ2v) is 5.32. The largest absolute Gasteiger partial charge is 0.393 e. The first kappa shape index (κ1) is 12.3. The maximum Gasteiger partial charge on any atom is 0.0606 e. The summed E-state index contributed by atoms with van der Waals surface area (Å²) in [5.41, 5.74) is 0. The van der Waals surface area contributed by atoms with Gasteiger partial charge in [0.25, 0.3) is 0 Å². The van der Waals surface area contributed by atoms with Crippen LogP contribution >= 0.6 is 0 Å². The van der Waals surface area contributed by atoms with Crippen molar-refractivity contribution in [1.82, 2.24) is 9.80 Å². The molecule has 0 amide bonds. The number of likely N-dealkylation sites (N-methyl/N-ethyl adjacent to an activating group) is 2. The zero-order chi connectivity index (χ0) is 11.5. The molecule has 94 valence electrons. The van der Waals surface area contributed by atoms with Crippen LogP contribution in [0.25, 0.3) is 0 Å². The first-order chi connectivity index (χ1) is 7.66. The molecule has 0 bridgehead atoms. The van der Waals surface area contributed by atoms with Crippen LogP contribution in [0.2, 0.25) is 0 Å². The van der Waals surface area contributed by atoms with E-state index in [1.165, 1.54) is 0 Å². The Hall–Kier alpha value is -0.160. The summed E-state index contributed by atoms with van der Waals surface area (Å²) in [6.07, 6.45) is 1.71. The molecule has 2 rings (SSSR count). The minimum absolute atomic E-state index is 0.193. The van der Waals surface area contributed by atoms with Crippen LogP contribution in [0.15, 0.2) is 0 Å². The number of rotatable bonds is 3. The lowest BCUT2D eigenvalue weighted by molar-refractivity contribution is 0.0330. The van der Waals surface area contributed by atoms with Gasteiger partial charge in [-0.25, -0.2) is 0 Å². The van der Waals surface area contributed by atoms with Gasteiger partial charge in [-0.1, -0.05) is 0 Å². The third-order valence-corrected chi connectivity index (χ3v) is 4.00. The Kier molecular flexibility index (Phi) is 4.19. The monoisotopic (exact) mass is 228 g/mol. The van der Waals surface area contributed by atoms with Gasteiger partial charge in [-0.2, -0.15) is 0 Å². The fourth-order valence-electron chi connectivity index (χ4n) is 2.68. The first-order valence-corrected chi connectivity index (χ1v) is 6.31. The minimum Gasteiger partial charge on any atom is -0.393 e. The van der Waals surface area contributed by atoms with E-state index in [9.17, 15) is 5.11 Å². The topological polar surface area (TPSA) is 35.9 Å². The second kappa shape index (κ2) is 5.45. The predicted octanol–water partition coefficient (Wildman–Crippen LogP) is 0.0197. The molecule has 2 aliphatic rings. The zero-order valence-corrected chi connectivity index (χ0v) is 10.4. The van der Waals surface area contributed by atoms with Crippen LogP contribution in [-0.4, -0.2) is 74.0 Å². The van der Waals surface area contributed by atoms with E-state index in [0.29, 0.717) is 12.0 Å². The molecule has 3 unspecified atom stereocenters. The number of aliphatic hydroxyl groups is 1. The molecule has 0 aliphatic carbocycles. The third-order valence-electron chi connectivity index (χ3n) is 4.00. The van der Waals surface area contributed by atoms with E-state index >= 15 is 0 Å². The smallest absolute Gasteiger partial charge is 0.0606 e. The summed E-state index contributed by atoms with van der Waals surface area (Å²) in [7, 11) is 4.32. The third kappa shape index (κ3) is 2.94. The molecule has 0 spiro atoms. The molecule has 16 heavy (non-hydrogen) atoms. The molecule has 4 nitrogen and oxygen atoms in total. The SMILES string of the molecule is CN1CCN(C)C(CC(O)C2CCOC2)C1. The highest BCUT2D eigenvalue weighted by Gasteiger charge is 2.30. The average Bonchev–Trinajstić information content (AvgIpc) is 2.76. The van der Waals surface area contributed by atoms with Gasteiger partial charge in [0.1, 0.15) is 0 Å². The maximum absolute atomic E-state index is 10.2. The fourth-order valence-corrected chi connectivity index (χ4v) is 2.68. The Labute approximate surface area is 98.2 Å². The molecular formula is C12H24N2O2. The minimum atomic E-state index is -0.193. The van der Waals surface area contributed by atoms with E-state index in [1.54, 1.807) is 0 Å². The molecule has 3 atom stereocenters. The van der Waals surface area contributed by atoms with Gasteiger partial charge in [-0.15, -0.1) is 0 Å². The van der Waals surface area contributed by atoms with Gasteiger partial charge in [-0.05, 0) is 26.9 Å². The normalized spacial score (nSPS) is 35.4. The Morgan fingerprint density at radius 2 is 2.19 bits per heavy atom. The van der Waals surface area contributed by atoms with Crippen molar-refractivity contribution in [1.29, 1.82) is 0 Å². The van der Waals surface area contributed by atoms with Crippen LogP contribution in [0.5, 0.6) is 0 Å². The van der Waals surface area contributed by atoms with E-state index in [4.69, 9.17) is 4.74 Å². The number of hydrogen-bond donors (Lipinski definition) is 1. The molecule has 0 aromatic rings. The van der Waals surface area contributed by atoms with Crippen molar-refractivity contribution in [3.63, 3.8) is 0 Å². The highest BCUT2D eigenvalue weighted by molar-refractivity contribution is 4.84. The molecule has 4 heteroatoms. The number of hydrogen-bond acceptors (Lipinski definition) is 4. The molecule has 2 aliphatic heterocycles. The summed E-state index contributed by atoms with van der Waals surface area (Å²) in [6, 6.07) is 0.495. The quantitative estimate of drug-likeness (QED) is 0.739. The van der Waals surface area contributed by atoms with Crippen LogP contribution in [0.1, 0.15) is 12.8 Å². The van der Waals surface area contributed by atoms with Crippen LogP contribution in [0, 0.1) is 5.92 Å². The molecule has 0 radical (unpaired) electrons. The lowest BCUT2D eigenvalue weighted by atomic mass is 9.94. The molecule has 2 saturated heterocycles. The van der Waals surface area contributed by atoms with Crippen molar-refractivity contribution < 1.29 is 9.84 Å². The lowest BCUT2D eigenvalue weighted by Gasteiger charge is -2.39. The summed E-state index contributed by atoms with van der Waals surface area (Å²) in [6.45, 7) is 4.88. The van der Waals surface area contributed by atoms with Gasteiger partial charge >= 0.3 is 0 Å². The van der Waals surface area contributed by atoms with Gasteiger partial charge in [0.2, 0.25) is 0 Å². The first-order valence-electron chi connectivity index (χ1n) is 6.31. The summed E-state index contributed by atoms with van der Waals surface area (Å²) < 4.78 is 5.33. The molecule has 1 N–H and O–H groups in total. The maximum atomic E-state index is 10.2. The van der Waals surface area contributed by atoms with Crippen molar-refractivity contribution in [3.05, 3.63) is 0 Å². The van der Waals surface area contributed by atoms with Crippen LogP contribution in [0.4, 0.5) is 0 Å². The summed E-state index contributed by atoms with van der Waals surface area (Å²) >= 11 is 0. The number of piperazine rings is 1. The predicted molar refractivity (Wildman–Crippen MR) is 63.5 cm³/mol. The van der Waals surface area contributed by atoms with Crippen molar-refractivity contribution in [2.75, 3.05) is 46.9 Å². The van der Waals surface area contributed by atoms with Crippen LogP contribution in [-0.2, 0) is 4.74 Å². The van der Waals surface area contributed by atoms with E-state index in [-0.39, 0.29) is 6.10 Å². The van der Waals surface area contributed by atoms with Crippen molar-refractivity contribution in [2.24, 2.45) is 5.92 Å². The highest BCUT2D eigenvalue weighted by atomic mass is 16.5. The standard InChI is InChI=1S/C12H24N2O2/c1-13-4-5-14(2)11(8-13)7-12(15)10-3-6-16-9-10/h10-12,15H,3-9H2,1-2H3. The van der Waals surface area contributed by atoms with Gasteiger partial charge in [-0.3, -0.25) is 0 Å². The number of ether oxygens (including phenoxy) is 1. The summed E-state index contributed by atoms with van der Waals surface area (Å²) in [5.74, 6) is 0.362. The molecule has 2 heterocycles. The van der Waals surface area contributed by atoms with Crippen LogP contribution < -0.4 is 0 Å². The zero-order valence-electron chi connectivity index (χ0n) is 10.4. The Balaban J connectivity index is 1.82. The van der Waals surface area contributed by atoms with Gasteiger partial charge in [0.15, 0.2) is 0 Å². The van der Waals surface area contributed by atoms with E-state index in [0.717, 1.165) is 45.7 Å². The summed E-state index contributed by atoms with van der Waals surface area (Å²) in [4.78, 5) is 4.72. The Bertz CT molecular complexity index is 219. The highest BCUT2D eigenvalue weighted by Crippen LogP contribution is 2.22. The average molecular weight is 228 g/mol. The molecule has 2 fully saturated rings.